The molecule has 0 saturated carbocycles. The Balaban J connectivity index is 2.48. The van der Waals surface area contributed by atoms with Gasteiger partial charge in [-0.25, -0.2) is 0 Å². The molecular weight excluding hydrogens is 238 g/mol. The molecule has 3 heteroatoms. The van der Waals surface area contributed by atoms with E-state index in [0.29, 0.717) is 6.04 Å². The monoisotopic (exact) mass is 251 g/mol. The highest BCUT2D eigenvalue weighted by Crippen LogP contribution is 2.34. The molecule has 1 atom stereocenters. The highest BCUT2D eigenvalue weighted by molar-refractivity contribution is 7.19. The second-order valence-electron chi connectivity index (χ2n) is 3.70. The molecule has 84 valence electrons. The van der Waals surface area contributed by atoms with E-state index >= 15 is 0 Å². The largest absolute Gasteiger partial charge is 0.313 e. The highest BCUT2D eigenvalue weighted by Gasteiger charge is 2.11. The van der Waals surface area contributed by atoms with Crippen molar-refractivity contribution in [2.45, 2.75) is 13.0 Å². The maximum absolute atomic E-state index is 5.98. The molecule has 2 aromatic rings. The molecule has 1 unspecified atom stereocenters. The maximum Gasteiger partial charge on any atom is 0.0934 e. The van der Waals surface area contributed by atoms with E-state index in [0.717, 1.165) is 4.34 Å². The minimum Gasteiger partial charge on any atom is -0.313 e. The molecule has 1 nitrogen and oxygen atoms in total. The van der Waals surface area contributed by atoms with Gasteiger partial charge in [-0.15, -0.1) is 11.3 Å². The molecule has 2 rings (SSSR count). The Kier molecular flexibility index (Phi) is 3.64. The van der Waals surface area contributed by atoms with Crippen molar-refractivity contribution in [1.82, 2.24) is 5.32 Å². The van der Waals surface area contributed by atoms with E-state index in [9.17, 15) is 0 Å². The summed E-state index contributed by atoms with van der Waals surface area (Å²) in [5, 5.41) is 3.27. The van der Waals surface area contributed by atoms with E-state index in [2.05, 4.69) is 42.6 Å². The van der Waals surface area contributed by atoms with Crippen LogP contribution in [0.15, 0.2) is 36.4 Å². The van der Waals surface area contributed by atoms with Crippen LogP contribution in [0, 0.1) is 0 Å². The van der Waals surface area contributed by atoms with E-state index < -0.39 is 0 Å². The predicted molar refractivity (Wildman–Crippen MR) is 72.2 cm³/mol. The smallest absolute Gasteiger partial charge is 0.0934 e. The van der Waals surface area contributed by atoms with Crippen LogP contribution in [0.3, 0.4) is 0 Å². The summed E-state index contributed by atoms with van der Waals surface area (Å²) in [7, 11) is 1.98. The molecule has 1 heterocycles. The number of nitrogens with one attached hydrogen (secondary N) is 1. The lowest BCUT2D eigenvalue weighted by Crippen LogP contribution is -2.12. The molecular formula is C13H14ClNS. The molecule has 0 bridgehead atoms. The van der Waals surface area contributed by atoms with Crippen molar-refractivity contribution in [1.29, 1.82) is 0 Å². The molecule has 0 spiro atoms. The summed E-state index contributed by atoms with van der Waals surface area (Å²) >= 11 is 7.60. The van der Waals surface area contributed by atoms with Crippen molar-refractivity contribution in [3.8, 4) is 10.4 Å². The van der Waals surface area contributed by atoms with Crippen molar-refractivity contribution in [3.63, 3.8) is 0 Å². The van der Waals surface area contributed by atoms with Gasteiger partial charge in [-0.1, -0.05) is 35.9 Å². The van der Waals surface area contributed by atoms with Crippen molar-refractivity contribution < 1.29 is 0 Å². The summed E-state index contributed by atoms with van der Waals surface area (Å²) in [6.07, 6.45) is 0. The lowest BCUT2D eigenvalue weighted by atomic mass is 10.0. The zero-order valence-electron chi connectivity index (χ0n) is 9.33. The second kappa shape index (κ2) is 5.00. The predicted octanol–water partition coefficient (Wildman–Crippen LogP) is 4.35. The Morgan fingerprint density at radius 2 is 1.94 bits per heavy atom. The third kappa shape index (κ3) is 2.29. The van der Waals surface area contributed by atoms with Crippen molar-refractivity contribution in [2.75, 3.05) is 7.05 Å². The van der Waals surface area contributed by atoms with Crippen LogP contribution >= 0.6 is 22.9 Å². The molecule has 1 N–H and O–H groups in total. The fraction of sp³-hybridized carbons (Fsp3) is 0.231. The molecule has 16 heavy (non-hydrogen) atoms. The number of rotatable bonds is 3. The van der Waals surface area contributed by atoms with Crippen LogP contribution in [-0.2, 0) is 0 Å². The van der Waals surface area contributed by atoms with Gasteiger partial charge < -0.3 is 5.32 Å². The van der Waals surface area contributed by atoms with Crippen molar-refractivity contribution in [3.05, 3.63) is 46.3 Å². The van der Waals surface area contributed by atoms with Crippen LogP contribution in [0.4, 0.5) is 0 Å². The van der Waals surface area contributed by atoms with Crippen LogP contribution < -0.4 is 5.32 Å². The molecule has 0 saturated heterocycles. The van der Waals surface area contributed by atoms with Gasteiger partial charge >= 0.3 is 0 Å². The lowest BCUT2D eigenvalue weighted by molar-refractivity contribution is 0.654. The van der Waals surface area contributed by atoms with E-state index in [4.69, 9.17) is 11.6 Å². The standard InChI is InChI=1S/C13H14ClNS/c1-9(15-2)10-5-3-4-6-11(10)12-7-8-13(14)16-12/h3-9,15H,1-2H3. The minimum absolute atomic E-state index is 0.345. The zero-order chi connectivity index (χ0) is 11.5. The molecule has 0 radical (unpaired) electrons. The summed E-state index contributed by atoms with van der Waals surface area (Å²) in [6, 6.07) is 12.8. The molecule has 0 aliphatic heterocycles. The summed E-state index contributed by atoms with van der Waals surface area (Å²) in [6.45, 7) is 2.16. The normalized spacial score (nSPS) is 12.7. The molecule has 1 aromatic carbocycles. The summed E-state index contributed by atoms with van der Waals surface area (Å²) in [5.74, 6) is 0. The van der Waals surface area contributed by atoms with E-state index in [-0.39, 0.29) is 0 Å². The van der Waals surface area contributed by atoms with Gasteiger partial charge in [0.15, 0.2) is 0 Å². The van der Waals surface area contributed by atoms with E-state index in [1.807, 2.05) is 13.1 Å². The van der Waals surface area contributed by atoms with Gasteiger partial charge in [0.1, 0.15) is 0 Å². The first-order chi connectivity index (χ1) is 7.72. The third-order valence-corrected chi connectivity index (χ3v) is 3.96. The highest BCUT2D eigenvalue weighted by atomic mass is 35.5. The minimum atomic E-state index is 0.345. The quantitative estimate of drug-likeness (QED) is 0.855. The molecule has 0 aliphatic carbocycles. The van der Waals surface area contributed by atoms with Gasteiger partial charge in [0.25, 0.3) is 0 Å². The average molecular weight is 252 g/mol. The SMILES string of the molecule is CNC(C)c1ccccc1-c1ccc(Cl)s1. The zero-order valence-corrected chi connectivity index (χ0v) is 10.9. The van der Waals surface area contributed by atoms with Crippen LogP contribution in [0.2, 0.25) is 4.34 Å². The molecule has 0 aliphatic rings. The Bertz CT molecular complexity index is 478. The van der Waals surface area contributed by atoms with Crippen LogP contribution in [0.5, 0.6) is 0 Å². The van der Waals surface area contributed by atoms with Gasteiger partial charge in [0, 0.05) is 10.9 Å². The third-order valence-electron chi connectivity index (χ3n) is 2.70. The first kappa shape index (κ1) is 11.6. The fourth-order valence-corrected chi connectivity index (χ4v) is 2.80. The Hall–Kier alpha value is -0.830. The molecule has 1 aromatic heterocycles. The fourth-order valence-electron chi connectivity index (χ4n) is 1.71. The number of hydrogen-bond acceptors (Lipinski definition) is 2. The van der Waals surface area contributed by atoms with E-state index in [1.54, 1.807) is 11.3 Å². The summed E-state index contributed by atoms with van der Waals surface area (Å²) < 4.78 is 0.835. The van der Waals surface area contributed by atoms with Crippen LogP contribution in [0.1, 0.15) is 18.5 Å². The van der Waals surface area contributed by atoms with Crippen molar-refractivity contribution >= 4 is 22.9 Å². The van der Waals surface area contributed by atoms with Gasteiger partial charge in [-0.2, -0.15) is 0 Å². The topological polar surface area (TPSA) is 12.0 Å². The number of halogens is 1. The first-order valence-electron chi connectivity index (χ1n) is 5.24. The van der Waals surface area contributed by atoms with Crippen LogP contribution in [0.25, 0.3) is 10.4 Å². The maximum atomic E-state index is 5.98. The Morgan fingerprint density at radius 3 is 2.56 bits per heavy atom. The average Bonchev–Trinajstić information content (AvgIpc) is 2.75. The molecule has 0 fully saturated rings. The summed E-state index contributed by atoms with van der Waals surface area (Å²) in [4.78, 5) is 1.22. The lowest BCUT2D eigenvalue weighted by Gasteiger charge is -2.14. The van der Waals surface area contributed by atoms with Gasteiger partial charge in [0.05, 0.1) is 4.34 Å². The number of benzene rings is 1. The Morgan fingerprint density at radius 1 is 1.19 bits per heavy atom. The molecule has 0 amide bonds. The number of hydrogen-bond donors (Lipinski definition) is 1. The Labute approximate surface area is 105 Å². The second-order valence-corrected chi connectivity index (χ2v) is 5.42. The van der Waals surface area contributed by atoms with Crippen LogP contribution in [-0.4, -0.2) is 7.05 Å². The van der Waals surface area contributed by atoms with Crippen molar-refractivity contribution in [2.24, 2.45) is 0 Å². The van der Waals surface area contributed by atoms with Gasteiger partial charge in [-0.05, 0) is 37.2 Å². The van der Waals surface area contributed by atoms with Gasteiger partial charge in [0.2, 0.25) is 0 Å². The van der Waals surface area contributed by atoms with Gasteiger partial charge in [-0.3, -0.25) is 0 Å². The number of thiophene rings is 1. The first-order valence-corrected chi connectivity index (χ1v) is 6.43. The summed E-state index contributed by atoms with van der Waals surface area (Å²) in [5.41, 5.74) is 2.57. The van der Waals surface area contributed by atoms with E-state index in [1.165, 1.54) is 16.0 Å².